The highest BCUT2D eigenvalue weighted by molar-refractivity contribution is 7.25. The number of fused-ring (bicyclic) bond motifs is 6. The summed E-state index contributed by atoms with van der Waals surface area (Å²) in [5.41, 5.74) is 9.73. The molecule has 0 radical (unpaired) electrons. The standard InChI is InChI=1S/C41H33NS/c1-40(2,3)42(31-23-25-35-34-19-11-13-21-38(34)43-39(35)27-31)30-22-24-33-32-18-10-12-20-36(32)41(37(33)26-30,28-14-6-4-7-15-28)29-16-8-5-9-17-29/h4-27H,1-3H3. The van der Waals surface area contributed by atoms with Gasteiger partial charge >= 0.3 is 0 Å². The van der Waals surface area contributed by atoms with Gasteiger partial charge in [0, 0.05) is 37.1 Å². The molecule has 1 aliphatic carbocycles. The number of thiophene rings is 1. The van der Waals surface area contributed by atoms with E-state index in [0.717, 1.165) is 0 Å². The number of benzene rings is 6. The van der Waals surface area contributed by atoms with E-state index in [9.17, 15) is 0 Å². The minimum atomic E-state index is -0.413. The summed E-state index contributed by atoms with van der Waals surface area (Å²) in [5, 5.41) is 2.66. The lowest BCUT2D eigenvalue weighted by Gasteiger charge is -2.39. The predicted octanol–water partition coefficient (Wildman–Crippen LogP) is 11.4. The van der Waals surface area contributed by atoms with E-state index in [2.05, 4.69) is 171 Å². The molecule has 0 fully saturated rings. The molecule has 2 heteroatoms. The van der Waals surface area contributed by atoms with Crippen LogP contribution >= 0.6 is 11.3 Å². The maximum absolute atomic E-state index is 2.51. The van der Waals surface area contributed by atoms with Crippen molar-refractivity contribution in [3.63, 3.8) is 0 Å². The van der Waals surface area contributed by atoms with Crippen LogP contribution in [0.3, 0.4) is 0 Å². The minimum absolute atomic E-state index is 0.147. The summed E-state index contributed by atoms with van der Waals surface area (Å²) in [4.78, 5) is 2.51. The van der Waals surface area contributed by atoms with Crippen molar-refractivity contribution in [2.45, 2.75) is 31.7 Å². The normalized spacial score (nSPS) is 13.7. The van der Waals surface area contributed by atoms with E-state index in [-0.39, 0.29) is 5.54 Å². The van der Waals surface area contributed by atoms with Gasteiger partial charge in [0.15, 0.2) is 0 Å². The zero-order chi connectivity index (χ0) is 29.2. The molecule has 0 atom stereocenters. The smallest absolute Gasteiger partial charge is 0.0714 e. The van der Waals surface area contributed by atoms with Gasteiger partial charge in [0.25, 0.3) is 0 Å². The van der Waals surface area contributed by atoms with Crippen LogP contribution in [0.25, 0.3) is 31.3 Å². The molecule has 0 saturated carbocycles. The van der Waals surface area contributed by atoms with E-state index in [1.54, 1.807) is 0 Å². The quantitative estimate of drug-likeness (QED) is 0.203. The highest BCUT2D eigenvalue weighted by Crippen LogP contribution is 2.57. The molecule has 0 spiro atoms. The van der Waals surface area contributed by atoms with Gasteiger partial charge in [-0.2, -0.15) is 0 Å². The van der Waals surface area contributed by atoms with Crippen LogP contribution in [0.1, 0.15) is 43.0 Å². The van der Waals surface area contributed by atoms with Crippen LogP contribution in [0, 0.1) is 0 Å². The van der Waals surface area contributed by atoms with E-state index in [1.807, 2.05) is 11.3 Å². The molecular weight excluding hydrogens is 539 g/mol. The van der Waals surface area contributed by atoms with Crippen LogP contribution in [0.15, 0.2) is 146 Å². The third-order valence-electron chi connectivity index (χ3n) is 8.99. The van der Waals surface area contributed by atoms with Crippen LogP contribution in [-0.4, -0.2) is 5.54 Å². The van der Waals surface area contributed by atoms with Gasteiger partial charge in [-0.15, -0.1) is 11.3 Å². The predicted molar refractivity (Wildman–Crippen MR) is 185 cm³/mol. The number of nitrogens with zero attached hydrogens (tertiary/aromatic N) is 1. The Hall–Kier alpha value is -4.66. The molecule has 0 unspecified atom stereocenters. The van der Waals surface area contributed by atoms with Crippen LogP contribution < -0.4 is 4.90 Å². The molecule has 1 nitrogen and oxygen atoms in total. The molecule has 43 heavy (non-hydrogen) atoms. The fourth-order valence-electron chi connectivity index (χ4n) is 7.35. The monoisotopic (exact) mass is 571 g/mol. The Kier molecular flexibility index (Phi) is 5.86. The van der Waals surface area contributed by atoms with Gasteiger partial charge in [-0.3, -0.25) is 0 Å². The molecule has 1 aromatic heterocycles. The Morgan fingerprint density at radius 1 is 0.488 bits per heavy atom. The molecule has 0 aliphatic heterocycles. The lowest BCUT2D eigenvalue weighted by atomic mass is 9.67. The fourth-order valence-corrected chi connectivity index (χ4v) is 8.49. The maximum Gasteiger partial charge on any atom is 0.0714 e. The Balaban J connectivity index is 1.39. The number of hydrogen-bond donors (Lipinski definition) is 0. The third kappa shape index (κ3) is 3.90. The summed E-state index contributed by atoms with van der Waals surface area (Å²) in [6.45, 7) is 6.93. The van der Waals surface area contributed by atoms with Gasteiger partial charge in [0.2, 0.25) is 0 Å². The number of hydrogen-bond acceptors (Lipinski definition) is 2. The molecule has 0 bridgehead atoms. The van der Waals surface area contributed by atoms with Crippen LogP contribution in [-0.2, 0) is 5.41 Å². The molecule has 0 amide bonds. The molecule has 0 N–H and O–H groups in total. The highest BCUT2D eigenvalue weighted by Gasteiger charge is 2.46. The first-order valence-electron chi connectivity index (χ1n) is 15.0. The maximum atomic E-state index is 2.51. The van der Waals surface area contributed by atoms with Gasteiger partial charge in [-0.05, 0) is 84.5 Å². The second-order valence-corrected chi connectivity index (χ2v) is 13.6. The molecule has 1 heterocycles. The average Bonchev–Trinajstić information content (AvgIpc) is 3.54. The largest absolute Gasteiger partial charge is 0.336 e. The second kappa shape index (κ2) is 9.69. The van der Waals surface area contributed by atoms with Crippen LogP contribution in [0.5, 0.6) is 0 Å². The molecule has 8 rings (SSSR count). The van der Waals surface area contributed by atoms with Crippen molar-refractivity contribution in [1.29, 1.82) is 0 Å². The van der Waals surface area contributed by atoms with Crippen molar-refractivity contribution >= 4 is 42.9 Å². The average molecular weight is 572 g/mol. The van der Waals surface area contributed by atoms with Gasteiger partial charge in [-0.25, -0.2) is 0 Å². The van der Waals surface area contributed by atoms with Crippen molar-refractivity contribution < 1.29 is 0 Å². The first kappa shape index (κ1) is 26.0. The summed E-state index contributed by atoms with van der Waals surface area (Å²) in [5.74, 6) is 0. The van der Waals surface area contributed by atoms with Gasteiger partial charge in [0.1, 0.15) is 0 Å². The van der Waals surface area contributed by atoms with E-state index < -0.39 is 5.41 Å². The highest BCUT2D eigenvalue weighted by atomic mass is 32.1. The van der Waals surface area contributed by atoms with E-state index in [4.69, 9.17) is 0 Å². The van der Waals surface area contributed by atoms with Crippen molar-refractivity contribution in [3.8, 4) is 11.1 Å². The Morgan fingerprint density at radius 2 is 1.05 bits per heavy atom. The summed E-state index contributed by atoms with van der Waals surface area (Å²) >= 11 is 1.88. The van der Waals surface area contributed by atoms with E-state index >= 15 is 0 Å². The molecule has 1 aliphatic rings. The minimum Gasteiger partial charge on any atom is -0.336 e. The van der Waals surface area contributed by atoms with Crippen LogP contribution in [0.4, 0.5) is 11.4 Å². The van der Waals surface area contributed by atoms with E-state index in [0.29, 0.717) is 0 Å². The number of anilines is 2. The van der Waals surface area contributed by atoms with Crippen molar-refractivity contribution in [3.05, 3.63) is 168 Å². The van der Waals surface area contributed by atoms with E-state index in [1.165, 1.54) is 64.9 Å². The fraction of sp³-hybridized carbons (Fsp3) is 0.122. The van der Waals surface area contributed by atoms with Crippen molar-refractivity contribution in [2.75, 3.05) is 4.90 Å². The summed E-state index contributed by atoms with van der Waals surface area (Å²) in [7, 11) is 0. The van der Waals surface area contributed by atoms with Gasteiger partial charge < -0.3 is 4.90 Å². The van der Waals surface area contributed by atoms with Crippen molar-refractivity contribution in [1.82, 2.24) is 0 Å². The Labute approximate surface area is 257 Å². The van der Waals surface area contributed by atoms with Gasteiger partial charge in [0.05, 0.1) is 5.41 Å². The summed E-state index contributed by atoms with van der Waals surface area (Å²) in [6, 6.07) is 54.0. The number of rotatable bonds is 4. The zero-order valence-electron chi connectivity index (χ0n) is 24.7. The zero-order valence-corrected chi connectivity index (χ0v) is 25.5. The van der Waals surface area contributed by atoms with Gasteiger partial charge in [-0.1, -0.05) is 115 Å². The lowest BCUT2D eigenvalue weighted by Crippen LogP contribution is -2.38. The first-order valence-corrected chi connectivity index (χ1v) is 15.8. The SMILES string of the molecule is CC(C)(C)N(c1ccc2c(c1)C(c1ccccc1)(c1ccccc1)c1ccccc1-2)c1ccc2c(c1)sc1ccccc12. The van der Waals surface area contributed by atoms with Crippen molar-refractivity contribution in [2.24, 2.45) is 0 Å². The Bertz CT molecular complexity index is 2080. The Morgan fingerprint density at radius 3 is 1.77 bits per heavy atom. The molecule has 0 saturated heterocycles. The summed E-state index contributed by atoms with van der Waals surface area (Å²) in [6.07, 6.45) is 0. The molecular formula is C41H33NS. The summed E-state index contributed by atoms with van der Waals surface area (Å²) < 4.78 is 2.66. The molecule has 208 valence electrons. The first-order chi connectivity index (χ1) is 21.0. The third-order valence-corrected chi connectivity index (χ3v) is 10.1. The molecule has 7 aromatic rings. The van der Waals surface area contributed by atoms with Crippen LogP contribution in [0.2, 0.25) is 0 Å². The second-order valence-electron chi connectivity index (χ2n) is 12.5. The lowest BCUT2D eigenvalue weighted by molar-refractivity contribution is 0.560. The topological polar surface area (TPSA) is 3.24 Å². The molecule has 6 aromatic carbocycles.